The zero-order chi connectivity index (χ0) is 15.0. The third-order valence-electron chi connectivity index (χ3n) is 3.16. The van der Waals surface area contributed by atoms with Crippen molar-refractivity contribution >= 4 is 33.2 Å². The lowest BCUT2D eigenvalue weighted by Gasteiger charge is -2.01. The van der Waals surface area contributed by atoms with Crippen LogP contribution in [0, 0.1) is 6.92 Å². The second-order valence-electron chi connectivity index (χ2n) is 4.74. The molecule has 0 aliphatic heterocycles. The van der Waals surface area contributed by atoms with Crippen LogP contribution >= 0.6 is 27.5 Å². The van der Waals surface area contributed by atoms with Crippen molar-refractivity contribution in [1.82, 2.24) is 15.2 Å². The molecule has 0 spiro atoms. The van der Waals surface area contributed by atoms with Gasteiger partial charge in [-0.3, -0.25) is 5.10 Å². The Kier molecular flexibility index (Phi) is 3.69. The Morgan fingerprint density at radius 2 is 1.95 bits per heavy atom. The van der Waals surface area contributed by atoms with Crippen LogP contribution in [0.2, 0.25) is 5.02 Å². The lowest BCUT2D eigenvalue weighted by molar-refractivity contribution is 1.10. The van der Waals surface area contributed by atoms with Crippen LogP contribution in [0.3, 0.4) is 0 Å². The SMILES string of the molecule is Cc1ccc(-c2nc(-c3cc(Cl)cc(Br)c3)n[nH]2)cc1N. The maximum Gasteiger partial charge on any atom is 0.181 e. The fourth-order valence-electron chi connectivity index (χ4n) is 1.99. The minimum absolute atomic E-state index is 0.590. The van der Waals surface area contributed by atoms with Crippen LogP contribution in [-0.4, -0.2) is 15.2 Å². The van der Waals surface area contributed by atoms with Crippen LogP contribution in [0.5, 0.6) is 0 Å². The molecule has 106 valence electrons. The lowest BCUT2D eigenvalue weighted by atomic mass is 10.1. The van der Waals surface area contributed by atoms with Gasteiger partial charge in [0.15, 0.2) is 11.6 Å². The molecule has 0 amide bonds. The first-order chi connectivity index (χ1) is 10.0. The van der Waals surface area contributed by atoms with Crippen molar-refractivity contribution in [3.8, 4) is 22.8 Å². The number of nitrogens with two attached hydrogens (primary N) is 1. The Morgan fingerprint density at radius 1 is 1.14 bits per heavy atom. The van der Waals surface area contributed by atoms with E-state index in [1.165, 1.54) is 0 Å². The van der Waals surface area contributed by atoms with Gasteiger partial charge in [-0.2, -0.15) is 5.10 Å². The number of nitrogens with zero attached hydrogens (tertiary/aromatic N) is 2. The summed E-state index contributed by atoms with van der Waals surface area (Å²) in [5, 5.41) is 7.80. The molecule has 0 bridgehead atoms. The van der Waals surface area contributed by atoms with Crippen molar-refractivity contribution in [2.45, 2.75) is 6.92 Å². The number of aromatic amines is 1. The van der Waals surface area contributed by atoms with Gasteiger partial charge in [0.25, 0.3) is 0 Å². The van der Waals surface area contributed by atoms with Gasteiger partial charge < -0.3 is 5.73 Å². The van der Waals surface area contributed by atoms with Crippen LogP contribution in [0.15, 0.2) is 40.9 Å². The van der Waals surface area contributed by atoms with E-state index in [9.17, 15) is 0 Å². The van der Waals surface area contributed by atoms with Crippen LogP contribution in [0.25, 0.3) is 22.8 Å². The molecule has 4 nitrogen and oxygen atoms in total. The number of halogens is 2. The smallest absolute Gasteiger partial charge is 0.181 e. The number of anilines is 1. The van der Waals surface area contributed by atoms with Gasteiger partial charge in [0, 0.05) is 26.3 Å². The molecule has 0 aliphatic rings. The monoisotopic (exact) mass is 362 g/mol. The number of nitrogen functional groups attached to an aromatic ring is 1. The Hall–Kier alpha value is -1.85. The quantitative estimate of drug-likeness (QED) is 0.661. The summed E-state index contributed by atoms with van der Waals surface area (Å²) < 4.78 is 0.885. The van der Waals surface area contributed by atoms with E-state index in [0.717, 1.165) is 26.9 Å². The topological polar surface area (TPSA) is 67.6 Å². The van der Waals surface area contributed by atoms with Crippen molar-refractivity contribution in [2.75, 3.05) is 5.73 Å². The Labute approximate surface area is 135 Å². The van der Waals surface area contributed by atoms with Crippen molar-refractivity contribution in [1.29, 1.82) is 0 Å². The minimum atomic E-state index is 0.590. The van der Waals surface area contributed by atoms with Crippen molar-refractivity contribution < 1.29 is 0 Å². The molecule has 21 heavy (non-hydrogen) atoms. The molecule has 0 saturated carbocycles. The average Bonchev–Trinajstić information content (AvgIpc) is 2.90. The van der Waals surface area contributed by atoms with Crippen LogP contribution in [0.4, 0.5) is 5.69 Å². The minimum Gasteiger partial charge on any atom is -0.398 e. The Bertz CT molecular complexity index is 793. The number of H-pyrrole nitrogens is 1. The van der Waals surface area contributed by atoms with E-state index in [1.807, 2.05) is 43.3 Å². The van der Waals surface area contributed by atoms with E-state index in [4.69, 9.17) is 17.3 Å². The predicted octanol–water partition coefficient (Wildman–Crippen LogP) is 4.45. The molecule has 0 atom stereocenters. The Balaban J connectivity index is 2.01. The summed E-state index contributed by atoms with van der Waals surface area (Å²) in [6.07, 6.45) is 0. The molecule has 1 aromatic heterocycles. The fraction of sp³-hybridized carbons (Fsp3) is 0.0667. The van der Waals surface area contributed by atoms with Crippen molar-refractivity contribution in [3.05, 3.63) is 51.5 Å². The second-order valence-corrected chi connectivity index (χ2v) is 6.09. The van der Waals surface area contributed by atoms with Crippen LogP contribution < -0.4 is 5.73 Å². The van der Waals surface area contributed by atoms with Gasteiger partial charge in [-0.25, -0.2) is 4.98 Å². The third-order valence-corrected chi connectivity index (χ3v) is 3.83. The molecular weight excluding hydrogens is 352 g/mol. The van der Waals surface area contributed by atoms with Gasteiger partial charge in [0.2, 0.25) is 0 Å². The van der Waals surface area contributed by atoms with Gasteiger partial charge in [0.05, 0.1) is 0 Å². The molecule has 0 fully saturated rings. The molecule has 0 radical (unpaired) electrons. The van der Waals surface area contributed by atoms with E-state index < -0.39 is 0 Å². The van der Waals surface area contributed by atoms with E-state index in [1.54, 1.807) is 0 Å². The molecule has 0 unspecified atom stereocenters. The molecule has 0 aliphatic carbocycles. The van der Waals surface area contributed by atoms with Gasteiger partial charge >= 0.3 is 0 Å². The summed E-state index contributed by atoms with van der Waals surface area (Å²) in [6, 6.07) is 11.4. The van der Waals surface area contributed by atoms with Gasteiger partial charge in [-0.1, -0.05) is 39.7 Å². The number of hydrogen-bond acceptors (Lipinski definition) is 3. The number of hydrogen-bond donors (Lipinski definition) is 2. The highest BCUT2D eigenvalue weighted by Crippen LogP contribution is 2.27. The van der Waals surface area contributed by atoms with Gasteiger partial charge in [-0.15, -0.1) is 0 Å². The predicted molar refractivity (Wildman–Crippen MR) is 89.1 cm³/mol. The number of benzene rings is 2. The van der Waals surface area contributed by atoms with Crippen molar-refractivity contribution in [2.24, 2.45) is 0 Å². The van der Waals surface area contributed by atoms with E-state index >= 15 is 0 Å². The molecule has 3 aromatic rings. The molecule has 1 heterocycles. The summed E-state index contributed by atoms with van der Waals surface area (Å²) in [7, 11) is 0. The summed E-state index contributed by atoms with van der Waals surface area (Å²) in [4.78, 5) is 4.50. The zero-order valence-electron chi connectivity index (χ0n) is 11.2. The maximum absolute atomic E-state index is 6.05. The molecule has 3 N–H and O–H groups in total. The average molecular weight is 364 g/mol. The highest BCUT2D eigenvalue weighted by Gasteiger charge is 2.10. The van der Waals surface area contributed by atoms with E-state index in [-0.39, 0.29) is 0 Å². The first-order valence-electron chi connectivity index (χ1n) is 6.28. The summed E-state index contributed by atoms with van der Waals surface area (Å²) in [6.45, 7) is 1.97. The third kappa shape index (κ3) is 2.94. The number of aromatic nitrogens is 3. The lowest BCUT2D eigenvalue weighted by Crippen LogP contribution is -1.90. The van der Waals surface area contributed by atoms with Crippen molar-refractivity contribution in [3.63, 3.8) is 0 Å². The second kappa shape index (κ2) is 5.50. The van der Waals surface area contributed by atoms with Crippen LogP contribution in [-0.2, 0) is 0 Å². The summed E-state index contributed by atoms with van der Waals surface area (Å²) in [5.41, 5.74) is 9.45. The van der Waals surface area contributed by atoms with E-state index in [0.29, 0.717) is 16.7 Å². The molecular formula is C15H12BrClN4. The van der Waals surface area contributed by atoms with Gasteiger partial charge in [0.1, 0.15) is 0 Å². The Morgan fingerprint density at radius 3 is 2.67 bits per heavy atom. The number of nitrogens with one attached hydrogen (secondary N) is 1. The summed E-state index contributed by atoms with van der Waals surface area (Å²) >= 11 is 9.46. The first-order valence-corrected chi connectivity index (χ1v) is 7.45. The maximum atomic E-state index is 6.05. The fourth-order valence-corrected chi connectivity index (χ4v) is 2.85. The summed E-state index contributed by atoms with van der Waals surface area (Å²) in [5.74, 6) is 1.26. The molecule has 3 rings (SSSR count). The van der Waals surface area contributed by atoms with E-state index in [2.05, 4.69) is 31.1 Å². The highest BCUT2D eigenvalue weighted by atomic mass is 79.9. The first kappa shape index (κ1) is 14.1. The number of aryl methyl sites for hydroxylation is 1. The van der Waals surface area contributed by atoms with Gasteiger partial charge in [-0.05, 0) is 36.8 Å². The highest BCUT2D eigenvalue weighted by molar-refractivity contribution is 9.10. The number of rotatable bonds is 2. The largest absolute Gasteiger partial charge is 0.398 e. The molecule has 2 aromatic carbocycles. The van der Waals surface area contributed by atoms with Crippen LogP contribution in [0.1, 0.15) is 5.56 Å². The standard InChI is InChI=1S/C15H12BrClN4/c1-8-2-3-9(6-13(8)18)14-19-15(21-20-14)10-4-11(16)7-12(17)5-10/h2-7H,18H2,1H3,(H,19,20,21). The molecule has 0 saturated heterocycles. The normalized spacial score (nSPS) is 10.8. The molecule has 6 heteroatoms. The zero-order valence-corrected chi connectivity index (χ0v) is 13.5.